The van der Waals surface area contributed by atoms with Gasteiger partial charge in [-0.2, -0.15) is 0 Å². The Hall–Kier alpha value is -1.40. The van der Waals surface area contributed by atoms with Gasteiger partial charge in [-0.3, -0.25) is 9.59 Å². The summed E-state index contributed by atoms with van der Waals surface area (Å²) >= 11 is 0. The first-order valence-electron chi connectivity index (χ1n) is 14.0. The minimum atomic E-state index is -0.905. The van der Waals surface area contributed by atoms with Gasteiger partial charge in [0.05, 0.1) is 23.0 Å². The van der Waals surface area contributed by atoms with Crippen LogP contribution in [0.25, 0.3) is 0 Å². The molecule has 10 atom stereocenters. The second-order valence-corrected chi connectivity index (χ2v) is 14.9. The molecule has 0 bridgehead atoms. The van der Waals surface area contributed by atoms with Crippen molar-refractivity contribution in [3.8, 4) is 0 Å². The van der Waals surface area contributed by atoms with E-state index in [2.05, 4.69) is 40.7 Å². The number of carboxylic acids is 2. The van der Waals surface area contributed by atoms with Crippen molar-refractivity contribution < 1.29 is 30.0 Å². The Morgan fingerprint density at radius 1 is 0.833 bits per heavy atom. The normalized spacial score (nSPS) is 53.7. The Labute approximate surface area is 215 Å². The van der Waals surface area contributed by atoms with E-state index >= 15 is 0 Å². The maximum absolute atomic E-state index is 12.8. The van der Waals surface area contributed by atoms with Crippen molar-refractivity contribution in [3.05, 3.63) is 11.6 Å². The standard InChI is InChI=1S/C30H46O6/c1-25(2)20-9-10-29(6)21(27(20,4)16-19(31)22(25)32)8-7-17-18-15-26(3,23(33)34)11-13-30(18,24(35)36)14-12-28(17,29)5/h7,18-22,31-32H,8-16H2,1-6H3,(H,33,34)(H,35,36)/t18-,19-,20-,21+,22-,26-,27-,28+,29+,30-/m0/s1. The van der Waals surface area contributed by atoms with E-state index in [0.717, 1.165) is 25.7 Å². The maximum atomic E-state index is 12.8. The van der Waals surface area contributed by atoms with Crippen LogP contribution in [0.1, 0.15) is 99.3 Å². The number of rotatable bonds is 2. The van der Waals surface area contributed by atoms with Crippen molar-refractivity contribution in [2.75, 3.05) is 0 Å². The van der Waals surface area contributed by atoms with E-state index < -0.39 is 35.0 Å². The molecular formula is C30H46O6. The topological polar surface area (TPSA) is 115 Å². The average Bonchev–Trinajstić information content (AvgIpc) is 2.77. The zero-order valence-corrected chi connectivity index (χ0v) is 22.9. The lowest BCUT2D eigenvalue weighted by Crippen LogP contribution is -2.67. The minimum Gasteiger partial charge on any atom is -0.481 e. The van der Waals surface area contributed by atoms with E-state index in [4.69, 9.17) is 0 Å². The first-order chi connectivity index (χ1) is 16.5. The molecule has 0 heterocycles. The fourth-order valence-corrected chi connectivity index (χ4v) is 10.8. The largest absolute Gasteiger partial charge is 0.481 e. The van der Waals surface area contributed by atoms with E-state index in [0.29, 0.717) is 43.9 Å². The summed E-state index contributed by atoms with van der Waals surface area (Å²) in [7, 11) is 0. The van der Waals surface area contributed by atoms with Gasteiger partial charge in [-0.1, -0.05) is 46.3 Å². The Bertz CT molecular complexity index is 1020. The molecule has 0 spiro atoms. The van der Waals surface area contributed by atoms with Gasteiger partial charge in [-0.05, 0) is 104 Å². The van der Waals surface area contributed by atoms with E-state index in [1.807, 2.05) is 0 Å². The molecule has 0 aromatic rings. The third-order valence-electron chi connectivity index (χ3n) is 13.3. The highest BCUT2D eigenvalue weighted by Crippen LogP contribution is 2.75. The van der Waals surface area contributed by atoms with Gasteiger partial charge in [0.2, 0.25) is 0 Å². The van der Waals surface area contributed by atoms with Gasteiger partial charge in [0.25, 0.3) is 0 Å². The molecule has 5 rings (SSSR count). The van der Waals surface area contributed by atoms with Crippen molar-refractivity contribution in [1.29, 1.82) is 0 Å². The van der Waals surface area contributed by atoms with Crippen LogP contribution in [0.3, 0.4) is 0 Å². The number of aliphatic hydroxyl groups is 2. The zero-order chi connectivity index (χ0) is 26.7. The lowest BCUT2D eigenvalue weighted by atomic mass is 9.33. The van der Waals surface area contributed by atoms with Gasteiger partial charge in [-0.15, -0.1) is 0 Å². The summed E-state index contributed by atoms with van der Waals surface area (Å²) in [5, 5.41) is 42.4. The number of aliphatic hydroxyl groups excluding tert-OH is 2. The van der Waals surface area contributed by atoms with Crippen LogP contribution in [-0.2, 0) is 9.59 Å². The number of hydrogen-bond donors (Lipinski definition) is 4. The summed E-state index contributed by atoms with van der Waals surface area (Å²) in [5.74, 6) is -1.24. The number of carboxylic acid groups (broad SMARTS) is 2. The van der Waals surface area contributed by atoms with Gasteiger partial charge in [0.15, 0.2) is 0 Å². The molecule has 6 heteroatoms. The quantitative estimate of drug-likeness (QED) is 0.383. The highest BCUT2D eigenvalue weighted by atomic mass is 16.4. The molecule has 0 saturated heterocycles. The summed E-state index contributed by atoms with van der Waals surface area (Å²) < 4.78 is 0. The molecule has 0 unspecified atom stereocenters. The predicted molar refractivity (Wildman–Crippen MR) is 136 cm³/mol. The zero-order valence-electron chi connectivity index (χ0n) is 22.9. The molecule has 6 nitrogen and oxygen atoms in total. The molecular weight excluding hydrogens is 456 g/mol. The van der Waals surface area contributed by atoms with Crippen LogP contribution in [0.2, 0.25) is 0 Å². The van der Waals surface area contributed by atoms with E-state index in [9.17, 15) is 30.0 Å². The van der Waals surface area contributed by atoms with Crippen molar-refractivity contribution in [3.63, 3.8) is 0 Å². The predicted octanol–water partition coefficient (Wildman–Crippen LogP) is 5.27. The molecule has 36 heavy (non-hydrogen) atoms. The van der Waals surface area contributed by atoms with Crippen LogP contribution < -0.4 is 0 Å². The average molecular weight is 503 g/mol. The van der Waals surface area contributed by atoms with Crippen molar-refractivity contribution in [2.24, 2.45) is 50.2 Å². The molecule has 4 fully saturated rings. The molecule has 0 aromatic carbocycles. The second kappa shape index (κ2) is 7.59. The van der Waals surface area contributed by atoms with E-state index in [1.54, 1.807) is 6.92 Å². The van der Waals surface area contributed by atoms with Gasteiger partial charge in [-0.25, -0.2) is 0 Å². The Morgan fingerprint density at radius 2 is 1.47 bits per heavy atom. The van der Waals surface area contributed by atoms with Gasteiger partial charge < -0.3 is 20.4 Å². The lowest BCUT2D eigenvalue weighted by molar-refractivity contribution is -0.232. The molecule has 0 aliphatic heterocycles. The minimum absolute atomic E-state index is 0.0812. The number of fused-ring (bicyclic) bond motifs is 7. The van der Waals surface area contributed by atoms with Crippen molar-refractivity contribution in [2.45, 2.75) is 112 Å². The number of allylic oxidation sites excluding steroid dienone is 2. The molecule has 0 radical (unpaired) electrons. The molecule has 5 aliphatic rings. The number of aliphatic carboxylic acids is 2. The van der Waals surface area contributed by atoms with Gasteiger partial charge in [0.1, 0.15) is 0 Å². The first-order valence-corrected chi connectivity index (χ1v) is 14.0. The summed E-state index contributed by atoms with van der Waals surface area (Å²) in [6.07, 6.45) is 6.81. The summed E-state index contributed by atoms with van der Waals surface area (Å²) in [6.45, 7) is 13.0. The maximum Gasteiger partial charge on any atom is 0.310 e. The fraction of sp³-hybridized carbons (Fsp3) is 0.867. The van der Waals surface area contributed by atoms with E-state index in [1.165, 1.54) is 5.57 Å². The van der Waals surface area contributed by atoms with Crippen LogP contribution in [0.15, 0.2) is 11.6 Å². The Balaban J connectivity index is 1.61. The highest BCUT2D eigenvalue weighted by Gasteiger charge is 2.70. The lowest BCUT2D eigenvalue weighted by Gasteiger charge is -2.71. The van der Waals surface area contributed by atoms with Crippen LogP contribution in [0.5, 0.6) is 0 Å². The van der Waals surface area contributed by atoms with Crippen molar-refractivity contribution >= 4 is 11.9 Å². The third-order valence-corrected chi connectivity index (χ3v) is 13.3. The van der Waals surface area contributed by atoms with Crippen LogP contribution in [0.4, 0.5) is 0 Å². The molecule has 4 N–H and O–H groups in total. The molecule has 5 aliphatic carbocycles. The van der Waals surface area contributed by atoms with Crippen LogP contribution >= 0.6 is 0 Å². The number of carbonyl (C=O) groups is 2. The number of hydrogen-bond acceptors (Lipinski definition) is 4. The van der Waals surface area contributed by atoms with Gasteiger partial charge >= 0.3 is 11.9 Å². The van der Waals surface area contributed by atoms with E-state index in [-0.39, 0.29) is 27.6 Å². The van der Waals surface area contributed by atoms with Crippen molar-refractivity contribution in [1.82, 2.24) is 0 Å². The SMILES string of the molecule is CC1(C)[C@@H](O)[C@@H](O)C[C@]2(C)[C@H]3CC=C4[C@@H]5C[C@@](C)(C(=O)O)CC[C@]5(C(=O)O)CC[C@@]4(C)[C@]3(C)CC[C@@H]12. The molecule has 202 valence electrons. The van der Waals surface area contributed by atoms with Crippen LogP contribution in [-0.4, -0.2) is 44.6 Å². The summed E-state index contributed by atoms with van der Waals surface area (Å²) in [5.41, 5.74) is -1.40. The Morgan fingerprint density at radius 3 is 2.08 bits per heavy atom. The first kappa shape index (κ1) is 26.2. The van der Waals surface area contributed by atoms with Gasteiger partial charge in [0, 0.05) is 0 Å². The second-order valence-electron chi connectivity index (χ2n) is 14.9. The van der Waals surface area contributed by atoms with Crippen LogP contribution in [0, 0.1) is 50.2 Å². The summed E-state index contributed by atoms with van der Waals surface area (Å²) in [6, 6.07) is 0. The third kappa shape index (κ3) is 2.98. The summed E-state index contributed by atoms with van der Waals surface area (Å²) in [4.78, 5) is 25.0. The fourth-order valence-electron chi connectivity index (χ4n) is 10.8. The molecule has 0 aromatic heterocycles. The Kier molecular flexibility index (Phi) is 5.53. The molecule has 4 saturated carbocycles. The smallest absolute Gasteiger partial charge is 0.310 e. The monoisotopic (exact) mass is 502 g/mol. The highest BCUT2D eigenvalue weighted by molar-refractivity contribution is 5.79. The molecule has 0 amide bonds.